The number of urea groups is 1. The summed E-state index contributed by atoms with van der Waals surface area (Å²) in [7, 11) is 0. The van der Waals surface area contributed by atoms with Gasteiger partial charge in [-0.3, -0.25) is 9.69 Å². The van der Waals surface area contributed by atoms with Crippen molar-refractivity contribution in [2.24, 2.45) is 0 Å². The van der Waals surface area contributed by atoms with E-state index in [0.717, 1.165) is 6.42 Å². The van der Waals surface area contributed by atoms with E-state index < -0.39 is 0 Å². The normalized spacial score (nSPS) is 20.7. The molecule has 0 aromatic heterocycles. The van der Waals surface area contributed by atoms with E-state index in [2.05, 4.69) is 11.9 Å². The highest BCUT2D eigenvalue weighted by atomic mass is 35.5. The van der Waals surface area contributed by atoms with Crippen molar-refractivity contribution in [1.29, 1.82) is 0 Å². The Kier molecular flexibility index (Phi) is 4.15. The van der Waals surface area contributed by atoms with Crippen molar-refractivity contribution < 1.29 is 9.59 Å². The number of nitrogens with zero attached hydrogens (tertiary/aromatic N) is 1. The highest BCUT2D eigenvalue weighted by Crippen LogP contribution is 2.12. The summed E-state index contributed by atoms with van der Waals surface area (Å²) in [6, 6.07) is -0.713. The molecule has 0 spiro atoms. The van der Waals surface area contributed by atoms with E-state index in [4.69, 9.17) is 11.6 Å². The third-order valence-electron chi connectivity index (χ3n) is 2.26. The van der Waals surface area contributed by atoms with Crippen molar-refractivity contribution in [2.45, 2.75) is 25.8 Å². The number of halogens is 1. The molecular formula is C10H15ClN2O2. The lowest BCUT2D eigenvalue weighted by atomic mass is 10.1. The Morgan fingerprint density at radius 3 is 2.80 bits per heavy atom. The summed E-state index contributed by atoms with van der Waals surface area (Å²) in [5.74, 6) is 0.0864. The summed E-state index contributed by atoms with van der Waals surface area (Å²) in [4.78, 5) is 24.3. The van der Waals surface area contributed by atoms with Crippen LogP contribution in [-0.2, 0) is 4.79 Å². The van der Waals surface area contributed by atoms with Gasteiger partial charge in [-0.05, 0) is 12.0 Å². The van der Waals surface area contributed by atoms with Gasteiger partial charge in [0.05, 0.1) is 6.54 Å². The number of imide groups is 1. The van der Waals surface area contributed by atoms with Crippen LogP contribution in [0.2, 0.25) is 0 Å². The molecule has 0 aromatic carbocycles. The smallest absolute Gasteiger partial charge is 0.325 e. The summed E-state index contributed by atoms with van der Waals surface area (Å²) >= 11 is 5.55. The minimum atomic E-state index is -0.370. The summed E-state index contributed by atoms with van der Waals surface area (Å²) in [5.41, 5.74) is 0.664. The monoisotopic (exact) mass is 230 g/mol. The first kappa shape index (κ1) is 12.0. The lowest BCUT2D eigenvalue weighted by molar-refractivity contribution is -0.127. The van der Waals surface area contributed by atoms with Crippen LogP contribution < -0.4 is 5.32 Å². The number of nitrogens with one attached hydrogen (secondary N) is 1. The second kappa shape index (κ2) is 5.16. The van der Waals surface area contributed by atoms with E-state index in [1.54, 1.807) is 0 Å². The van der Waals surface area contributed by atoms with Crippen LogP contribution in [-0.4, -0.2) is 35.3 Å². The largest absolute Gasteiger partial charge is 0.326 e. The van der Waals surface area contributed by atoms with Crippen LogP contribution in [0.15, 0.2) is 12.2 Å². The fourth-order valence-electron chi connectivity index (χ4n) is 1.48. The van der Waals surface area contributed by atoms with Crippen LogP contribution >= 0.6 is 11.6 Å². The third-order valence-corrected chi connectivity index (χ3v) is 2.63. The molecule has 0 aliphatic carbocycles. The minimum absolute atomic E-state index is 0.173. The van der Waals surface area contributed by atoms with Gasteiger partial charge in [0.1, 0.15) is 6.04 Å². The van der Waals surface area contributed by atoms with Gasteiger partial charge in [0.25, 0.3) is 5.91 Å². The minimum Gasteiger partial charge on any atom is -0.326 e. The topological polar surface area (TPSA) is 49.4 Å². The van der Waals surface area contributed by atoms with Crippen molar-refractivity contribution in [1.82, 2.24) is 10.2 Å². The molecule has 3 amide bonds. The molecule has 0 radical (unpaired) electrons. The lowest BCUT2D eigenvalue weighted by Gasteiger charge is -2.13. The lowest BCUT2D eigenvalue weighted by Crippen LogP contribution is -2.33. The van der Waals surface area contributed by atoms with Crippen LogP contribution in [0.4, 0.5) is 4.79 Å². The molecule has 0 saturated carbocycles. The second-order valence-electron chi connectivity index (χ2n) is 3.60. The Bertz CT molecular complexity index is 291. The van der Waals surface area contributed by atoms with E-state index in [-0.39, 0.29) is 30.4 Å². The van der Waals surface area contributed by atoms with Gasteiger partial charge in [-0.25, -0.2) is 4.79 Å². The van der Waals surface area contributed by atoms with E-state index in [1.165, 1.54) is 4.90 Å². The number of rotatable bonds is 5. The molecule has 0 aromatic rings. The van der Waals surface area contributed by atoms with Gasteiger partial charge in [-0.15, -0.1) is 11.6 Å². The van der Waals surface area contributed by atoms with Crippen LogP contribution in [0.25, 0.3) is 0 Å². The molecule has 1 heterocycles. The first-order valence-corrected chi connectivity index (χ1v) is 5.48. The van der Waals surface area contributed by atoms with Crippen LogP contribution in [0.5, 0.6) is 0 Å². The zero-order valence-corrected chi connectivity index (χ0v) is 9.51. The van der Waals surface area contributed by atoms with Gasteiger partial charge < -0.3 is 5.32 Å². The Labute approximate surface area is 94.3 Å². The Hall–Kier alpha value is -1.03. The van der Waals surface area contributed by atoms with Crippen molar-refractivity contribution in [3.05, 3.63) is 12.2 Å². The molecule has 1 rings (SSSR count). The van der Waals surface area contributed by atoms with Gasteiger partial charge >= 0.3 is 6.03 Å². The molecular weight excluding hydrogens is 216 g/mol. The number of carbonyl (C=O) groups is 2. The first-order chi connectivity index (χ1) is 7.10. The van der Waals surface area contributed by atoms with Crippen LogP contribution in [0, 0.1) is 0 Å². The zero-order chi connectivity index (χ0) is 11.4. The summed E-state index contributed by atoms with van der Waals surface area (Å²) in [6.07, 6.45) is 1.54. The van der Waals surface area contributed by atoms with Gasteiger partial charge in [0.2, 0.25) is 0 Å². The SMILES string of the molecule is C=C(CCl)CN1C(=O)NC(CCC)C1=O. The van der Waals surface area contributed by atoms with Crippen molar-refractivity contribution >= 4 is 23.5 Å². The molecule has 5 heteroatoms. The van der Waals surface area contributed by atoms with Crippen LogP contribution in [0.1, 0.15) is 19.8 Å². The number of alkyl halides is 1. The first-order valence-electron chi connectivity index (χ1n) is 4.94. The number of carbonyl (C=O) groups excluding carboxylic acids is 2. The Morgan fingerprint density at radius 2 is 2.27 bits per heavy atom. The van der Waals surface area contributed by atoms with Crippen molar-refractivity contribution in [3.8, 4) is 0 Å². The van der Waals surface area contributed by atoms with Gasteiger partial charge in [-0.1, -0.05) is 19.9 Å². The fourth-order valence-corrected chi connectivity index (χ4v) is 1.56. The average molecular weight is 231 g/mol. The maximum absolute atomic E-state index is 11.7. The fraction of sp³-hybridized carbons (Fsp3) is 0.600. The average Bonchev–Trinajstić information content (AvgIpc) is 2.46. The number of amides is 3. The maximum Gasteiger partial charge on any atom is 0.325 e. The molecule has 1 fully saturated rings. The molecule has 1 N–H and O–H groups in total. The third kappa shape index (κ3) is 2.72. The molecule has 1 unspecified atom stereocenters. The van der Waals surface area contributed by atoms with Gasteiger partial charge in [0, 0.05) is 5.88 Å². The number of hydrogen-bond acceptors (Lipinski definition) is 2. The molecule has 0 bridgehead atoms. The van der Waals surface area contributed by atoms with Crippen molar-refractivity contribution in [2.75, 3.05) is 12.4 Å². The number of hydrogen-bond donors (Lipinski definition) is 1. The van der Waals surface area contributed by atoms with Crippen LogP contribution in [0.3, 0.4) is 0 Å². The molecule has 1 aliphatic rings. The Morgan fingerprint density at radius 1 is 1.60 bits per heavy atom. The molecule has 1 saturated heterocycles. The second-order valence-corrected chi connectivity index (χ2v) is 3.87. The van der Waals surface area contributed by atoms with Gasteiger partial charge in [0.15, 0.2) is 0 Å². The Balaban J connectivity index is 2.62. The molecule has 15 heavy (non-hydrogen) atoms. The molecule has 1 aliphatic heterocycles. The van der Waals surface area contributed by atoms with E-state index in [9.17, 15) is 9.59 Å². The van der Waals surface area contributed by atoms with E-state index in [1.807, 2.05) is 6.92 Å². The van der Waals surface area contributed by atoms with E-state index in [0.29, 0.717) is 12.0 Å². The summed E-state index contributed by atoms with van der Waals surface area (Å²) in [5, 5.41) is 2.64. The maximum atomic E-state index is 11.7. The van der Waals surface area contributed by atoms with Crippen molar-refractivity contribution in [3.63, 3.8) is 0 Å². The summed E-state index contributed by atoms with van der Waals surface area (Å²) in [6.45, 7) is 5.86. The quantitative estimate of drug-likeness (QED) is 0.442. The van der Waals surface area contributed by atoms with Gasteiger partial charge in [-0.2, -0.15) is 0 Å². The van der Waals surface area contributed by atoms with E-state index >= 15 is 0 Å². The standard InChI is InChI=1S/C10H15ClN2O2/c1-3-4-8-9(14)13(10(15)12-8)6-7(2)5-11/h8H,2-6H2,1H3,(H,12,15). The predicted molar refractivity (Wildman–Crippen MR) is 58.8 cm³/mol. The predicted octanol–water partition coefficient (Wildman–Crippen LogP) is 1.50. The molecule has 4 nitrogen and oxygen atoms in total. The zero-order valence-electron chi connectivity index (χ0n) is 8.75. The highest BCUT2D eigenvalue weighted by molar-refractivity contribution is 6.19. The molecule has 84 valence electrons. The summed E-state index contributed by atoms with van der Waals surface area (Å²) < 4.78 is 0. The highest BCUT2D eigenvalue weighted by Gasteiger charge is 2.36. The molecule has 1 atom stereocenters.